The first kappa shape index (κ1) is 15.0. The molecule has 0 fully saturated rings. The predicted molar refractivity (Wildman–Crippen MR) is 79.0 cm³/mol. The number of nitrogens with zero attached hydrogens (tertiary/aromatic N) is 1. The van der Waals surface area contributed by atoms with Gasteiger partial charge in [-0.1, -0.05) is 22.0 Å². The highest BCUT2D eigenvalue weighted by Gasteiger charge is 2.19. The number of carboxylic acids is 1. The van der Waals surface area contributed by atoms with Crippen LogP contribution in [-0.2, 0) is 0 Å². The second kappa shape index (κ2) is 5.92. The molecule has 0 saturated heterocycles. The molecule has 0 aromatic heterocycles. The molecule has 0 aliphatic heterocycles. The molecule has 0 aliphatic rings. The van der Waals surface area contributed by atoms with Gasteiger partial charge in [-0.05, 0) is 30.7 Å². The Morgan fingerprint density at radius 3 is 2.57 bits per heavy atom. The minimum atomic E-state index is -1.16. The highest BCUT2D eigenvalue weighted by atomic mass is 79.9. The molecule has 0 amide bonds. The van der Waals surface area contributed by atoms with Gasteiger partial charge in [0.1, 0.15) is 11.3 Å². The van der Waals surface area contributed by atoms with Crippen molar-refractivity contribution < 1.29 is 19.6 Å². The van der Waals surface area contributed by atoms with Gasteiger partial charge in [0.05, 0.1) is 4.92 Å². The lowest BCUT2D eigenvalue weighted by Crippen LogP contribution is -2.01. The zero-order valence-electron chi connectivity index (χ0n) is 10.9. The SMILES string of the molecule is Cc1ccc(C(=O)O)c(Oc2cc(Br)ccc2[N+](=O)[O-])c1. The number of benzene rings is 2. The summed E-state index contributed by atoms with van der Waals surface area (Å²) in [5.41, 5.74) is 0.485. The standard InChI is InChI=1S/C14H10BrNO5/c1-8-2-4-10(14(17)18)12(6-8)21-13-7-9(15)3-5-11(13)16(19)20/h2-7H,1H3,(H,17,18). The fourth-order valence-electron chi connectivity index (χ4n) is 1.73. The number of aryl methyl sites for hydroxylation is 1. The van der Waals surface area contributed by atoms with Crippen LogP contribution in [0.25, 0.3) is 0 Å². The molecule has 0 radical (unpaired) electrons. The van der Waals surface area contributed by atoms with Crippen LogP contribution in [0, 0.1) is 17.0 Å². The molecule has 21 heavy (non-hydrogen) atoms. The van der Waals surface area contributed by atoms with Crippen molar-refractivity contribution in [3.63, 3.8) is 0 Å². The minimum Gasteiger partial charge on any atom is -0.478 e. The Morgan fingerprint density at radius 2 is 1.95 bits per heavy atom. The Labute approximate surface area is 128 Å². The van der Waals surface area contributed by atoms with E-state index >= 15 is 0 Å². The van der Waals surface area contributed by atoms with E-state index in [9.17, 15) is 14.9 Å². The number of carboxylic acid groups (broad SMARTS) is 1. The number of rotatable bonds is 4. The zero-order chi connectivity index (χ0) is 15.6. The highest BCUT2D eigenvalue weighted by molar-refractivity contribution is 9.10. The van der Waals surface area contributed by atoms with Crippen molar-refractivity contribution in [2.24, 2.45) is 0 Å². The summed E-state index contributed by atoms with van der Waals surface area (Å²) in [4.78, 5) is 21.6. The largest absolute Gasteiger partial charge is 0.478 e. The summed E-state index contributed by atoms with van der Waals surface area (Å²) < 4.78 is 6.06. The van der Waals surface area contributed by atoms with Crippen LogP contribution in [-0.4, -0.2) is 16.0 Å². The maximum absolute atomic E-state index is 11.2. The van der Waals surface area contributed by atoms with E-state index < -0.39 is 10.9 Å². The first-order chi connectivity index (χ1) is 9.88. The average molecular weight is 352 g/mol. The van der Waals surface area contributed by atoms with Crippen molar-refractivity contribution in [2.45, 2.75) is 6.92 Å². The molecule has 0 heterocycles. The molecule has 0 aliphatic carbocycles. The van der Waals surface area contributed by atoms with Gasteiger partial charge < -0.3 is 9.84 Å². The monoisotopic (exact) mass is 351 g/mol. The predicted octanol–water partition coefficient (Wildman–Crippen LogP) is 4.16. The van der Waals surface area contributed by atoms with Gasteiger partial charge in [-0.3, -0.25) is 10.1 Å². The van der Waals surface area contributed by atoms with E-state index in [0.717, 1.165) is 5.56 Å². The van der Waals surface area contributed by atoms with E-state index in [0.29, 0.717) is 4.47 Å². The zero-order valence-corrected chi connectivity index (χ0v) is 12.5. The second-order valence-electron chi connectivity index (χ2n) is 4.28. The van der Waals surface area contributed by atoms with Crippen LogP contribution in [0.5, 0.6) is 11.5 Å². The highest BCUT2D eigenvalue weighted by Crippen LogP contribution is 2.35. The average Bonchev–Trinajstić information content (AvgIpc) is 2.38. The molecule has 0 spiro atoms. The number of aromatic carboxylic acids is 1. The summed E-state index contributed by atoms with van der Waals surface area (Å²) in [6.07, 6.45) is 0. The molecule has 0 saturated carbocycles. The molecule has 7 heteroatoms. The van der Waals surface area contributed by atoms with Crippen molar-refractivity contribution in [2.75, 3.05) is 0 Å². The number of ether oxygens (including phenoxy) is 1. The van der Waals surface area contributed by atoms with E-state index in [-0.39, 0.29) is 22.7 Å². The Bertz CT molecular complexity index is 668. The van der Waals surface area contributed by atoms with Crippen molar-refractivity contribution in [3.8, 4) is 11.5 Å². The van der Waals surface area contributed by atoms with Gasteiger partial charge in [0.15, 0.2) is 0 Å². The second-order valence-corrected chi connectivity index (χ2v) is 5.19. The third kappa shape index (κ3) is 3.38. The van der Waals surface area contributed by atoms with Gasteiger partial charge in [-0.2, -0.15) is 0 Å². The number of hydrogen-bond acceptors (Lipinski definition) is 4. The number of carbonyl (C=O) groups is 1. The fourth-order valence-corrected chi connectivity index (χ4v) is 2.07. The van der Waals surface area contributed by atoms with Gasteiger partial charge in [0, 0.05) is 16.6 Å². The van der Waals surface area contributed by atoms with Crippen LogP contribution in [0.3, 0.4) is 0 Å². The topological polar surface area (TPSA) is 89.7 Å². The molecular formula is C14H10BrNO5. The summed E-state index contributed by atoms with van der Waals surface area (Å²) in [6, 6.07) is 8.78. The maximum atomic E-state index is 11.2. The van der Waals surface area contributed by atoms with Crippen LogP contribution in [0.1, 0.15) is 15.9 Å². The first-order valence-electron chi connectivity index (χ1n) is 5.84. The van der Waals surface area contributed by atoms with Gasteiger partial charge in [0.2, 0.25) is 5.75 Å². The molecule has 2 aromatic rings. The minimum absolute atomic E-state index is 0.0255. The van der Waals surface area contributed by atoms with Gasteiger partial charge >= 0.3 is 11.7 Å². The van der Waals surface area contributed by atoms with E-state index in [1.165, 1.54) is 30.3 Å². The molecule has 2 aromatic carbocycles. The molecule has 0 unspecified atom stereocenters. The molecule has 2 rings (SSSR count). The normalized spacial score (nSPS) is 10.2. The van der Waals surface area contributed by atoms with Crippen LogP contribution in [0.2, 0.25) is 0 Å². The Morgan fingerprint density at radius 1 is 1.24 bits per heavy atom. The lowest BCUT2D eigenvalue weighted by Gasteiger charge is -2.10. The Balaban J connectivity index is 2.52. The number of nitro groups is 1. The number of halogens is 1. The molecule has 1 N–H and O–H groups in total. The summed E-state index contributed by atoms with van der Waals surface area (Å²) in [6.45, 7) is 1.77. The van der Waals surface area contributed by atoms with Gasteiger partial charge in [-0.15, -0.1) is 0 Å². The number of hydrogen-bond donors (Lipinski definition) is 1. The molecule has 6 nitrogen and oxygen atoms in total. The Kier molecular flexibility index (Phi) is 4.23. The first-order valence-corrected chi connectivity index (χ1v) is 6.63. The summed E-state index contributed by atoms with van der Waals surface area (Å²) in [7, 11) is 0. The quantitative estimate of drug-likeness (QED) is 0.659. The fraction of sp³-hybridized carbons (Fsp3) is 0.0714. The van der Waals surface area contributed by atoms with E-state index in [2.05, 4.69) is 15.9 Å². The van der Waals surface area contributed by atoms with Gasteiger partial charge in [-0.25, -0.2) is 4.79 Å². The van der Waals surface area contributed by atoms with Crippen molar-refractivity contribution in [3.05, 3.63) is 62.1 Å². The van der Waals surface area contributed by atoms with Crippen LogP contribution >= 0.6 is 15.9 Å². The summed E-state index contributed by atoms with van der Waals surface area (Å²) >= 11 is 3.20. The molecule has 0 atom stereocenters. The smallest absolute Gasteiger partial charge is 0.339 e. The van der Waals surface area contributed by atoms with E-state index in [1.54, 1.807) is 13.0 Å². The molecular weight excluding hydrogens is 342 g/mol. The van der Waals surface area contributed by atoms with E-state index in [4.69, 9.17) is 9.84 Å². The van der Waals surface area contributed by atoms with Crippen molar-refractivity contribution in [1.82, 2.24) is 0 Å². The number of nitro benzene ring substituents is 1. The Hall–Kier alpha value is -2.41. The van der Waals surface area contributed by atoms with Crippen LogP contribution in [0.4, 0.5) is 5.69 Å². The molecule has 108 valence electrons. The maximum Gasteiger partial charge on any atom is 0.339 e. The third-order valence-electron chi connectivity index (χ3n) is 2.71. The third-order valence-corrected chi connectivity index (χ3v) is 3.20. The van der Waals surface area contributed by atoms with E-state index in [1.807, 2.05) is 0 Å². The summed E-state index contributed by atoms with van der Waals surface area (Å²) in [5.74, 6) is -1.13. The van der Waals surface area contributed by atoms with Crippen molar-refractivity contribution in [1.29, 1.82) is 0 Å². The van der Waals surface area contributed by atoms with Crippen molar-refractivity contribution >= 4 is 27.6 Å². The van der Waals surface area contributed by atoms with Crippen LogP contribution < -0.4 is 4.74 Å². The lowest BCUT2D eigenvalue weighted by atomic mass is 10.1. The lowest BCUT2D eigenvalue weighted by molar-refractivity contribution is -0.385. The molecule has 0 bridgehead atoms. The summed E-state index contributed by atoms with van der Waals surface area (Å²) in [5, 5.41) is 20.1. The van der Waals surface area contributed by atoms with Gasteiger partial charge in [0.25, 0.3) is 0 Å². The van der Waals surface area contributed by atoms with Crippen LogP contribution in [0.15, 0.2) is 40.9 Å².